The van der Waals surface area contributed by atoms with E-state index in [2.05, 4.69) is 5.32 Å². The molecule has 0 saturated heterocycles. The average molecular weight is 230 g/mol. The monoisotopic (exact) mass is 230 g/mol. The third-order valence-electron chi connectivity index (χ3n) is 1.68. The lowest BCUT2D eigenvalue weighted by Gasteiger charge is -2.22. The van der Waals surface area contributed by atoms with Crippen LogP contribution in [0.25, 0.3) is 0 Å². The van der Waals surface area contributed by atoms with Crippen LogP contribution in [0.4, 0.5) is 4.79 Å². The quantitative estimate of drug-likeness (QED) is 0.801. The van der Waals surface area contributed by atoms with Crippen LogP contribution in [-0.2, 0) is 14.6 Å². The Labute approximate surface area is 96.2 Å². The van der Waals surface area contributed by atoms with Gasteiger partial charge in [0.15, 0.2) is 0 Å². The lowest BCUT2D eigenvalue weighted by Crippen LogP contribution is -2.43. The summed E-state index contributed by atoms with van der Waals surface area (Å²) in [4.78, 5) is 22.1. The van der Waals surface area contributed by atoms with Crippen molar-refractivity contribution in [2.75, 3.05) is 0 Å². The molecule has 0 saturated carbocycles. The maximum Gasteiger partial charge on any atom is 0.408 e. The molecule has 0 aliphatic rings. The van der Waals surface area contributed by atoms with Crippen molar-refractivity contribution in [1.82, 2.24) is 5.32 Å². The van der Waals surface area contributed by atoms with Gasteiger partial charge in [0.1, 0.15) is 11.6 Å². The second kappa shape index (κ2) is 5.72. The minimum absolute atomic E-state index is 0.151. The summed E-state index contributed by atoms with van der Waals surface area (Å²) in [7, 11) is 0. The summed E-state index contributed by atoms with van der Waals surface area (Å²) in [5, 5.41) is 13.0. The number of hydrogen-bond donors (Lipinski definition) is 1. The Morgan fingerprint density at radius 3 is 2.06 bits per heavy atom. The molecule has 0 rings (SSSR count). The topological polar surface area (TPSA) is 75.3 Å². The van der Waals surface area contributed by atoms with Crippen molar-refractivity contribution in [2.45, 2.75) is 52.7 Å². The van der Waals surface area contributed by atoms with E-state index in [4.69, 9.17) is 4.74 Å². The van der Waals surface area contributed by atoms with Gasteiger partial charge in [-0.15, -0.1) is 0 Å². The maximum absolute atomic E-state index is 11.3. The van der Waals surface area contributed by atoms with Crippen molar-refractivity contribution >= 4 is 12.1 Å². The molecule has 0 spiro atoms. The van der Waals surface area contributed by atoms with Crippen LogP contribution in [0.1, 0.15) is 41.0 Å². The van der Waals surface area contributed by atoms with Crippen molar-refractivity contribution in [1.29, 1.82) is 0 Å². The van der Waals surface area contributed by atoms with Crippen molar-refractivity contribution in [3.63, 3.8) is 0 Å². The number of ether oxygens (including phenoxy) is 1. The van der Waals surface area contributed by atoms with Crippen molar-refractivity contribution in [2.24, 2.45) is 5.92 Å². The molecule has 1 N–H and O–H groups in total. The summed E-state index contributed by atoms with van der Waals surface area (Å²) in [5.74, 6) is -1.14. The molecule has 0 unspecified atom stereocenters. The molecule has 0 aromatic carbocycles. The standard InChI is InChI=1S/C11H20NO4/c1-7(2)6-8(9(13)14)12-10(15)16-11(3,4)5/h7-8H,6H2,1-5H3,(H,12,15)/t8-/m0/s1. The van der Waals surface area contributed by atoms with Crippen LogP contribution in [0.5, 0.6) is 0 Å². The highest BCUT2D eigenvalue weighted by Gasteiger charge is 2.25. The van der Waals surface area contributed by atoms with Crippen LogP contribution < -0.4 is 5.32 Å². The van der Waals surface area contributed by atoms with E-state index < -0.39 is 23.7 Å². The molecule has 0 aliphatic carbocycles. The van der Waals surface area contributed by atoms with Gasteiger partial charge in [0.25, 0.3) is 0 Å². The Kier molecular flexibility index (Phi) is 5.27. The Balaban J connectivity index is 4.30. The molecular formula is C11H20NO4. The predicted molar refractivity (Wildman–Crippen MR) is 58.3 cm³/mol. The largest absolute Gasteiger partial charge is 0.444 e. The summed E-state index contributed by atoms with van der Waals surface area (Å²) < 4.78 is 4.96. The van der Waals surface area contributed by atoms with Crippen LogP contribution >= 0.6 is 0 Å². The Bertz CT molecular complexity index is 255. The molecule has 0 fully saturated rings. The summed E-state index contributed by atoms with van der Waals surface area (Å²) in [6, 6.07) is -1.00. The third-order valence-corrected chi connectivity index (χ3v) is 1.68. The fourth-order valence-electron chi connectivity index (χ4n) is 1.14. The molecule has 1 amide bonds. The smallest absolute Gasteiger partial charge is 0.408 e. The summed E-state index contributed by atoms with van der Waals surface area (Å²) in [6.45, 7) is 8.87. The number of carbonyl (C=O) groups is 2. The fourth-order valence-corrected chi connectivity index (χ4v) is 1.14. The molecule has 16 heavy (non-hydrogen) atoms. The first-order chi connectivity index (χ1) is 7.11. The first-order valence-corrected chi connectivity index (χ1v) is 5.32. The average Bonchev–Trinajstić information content (AvgIpc) is 1.97. The second-order valence-corrected chi connectivity index (χ2v) is 5.15. The minimum atomic E-state index is -1.29. The van der Waals surface area contributed by atoms with Gasteiger partial charge in [-0.25, -0.2) is 14.7 Å². The third kappa shape index (κ3) is 7.09. The van der Waals surface area contributed by atoms with E-state index in [9.17, 15) is 14.7 Å². The molecule has 0 aromatic heterocycles. The van der Waals surface area contributed by atoms with E-state index in [1.54, 1.807) is 20.8 Å². The van der Waals surface area contributed by atoms with E-state index in [-0.39, 0.29) is 5.92 Å². The van der Waals surface area contributed by atoms with Gasteiger partial charge in [-0.3, -0.25) is 0 Å². The molecule has 0 heterocycles. The zero-order valence-electron chi connectivity index (χ0n) is 10.5. The number of alkyl carbamates (subject to hydrolysis) is 1. The number of carbonyl (C=O) groups excluding carboxylic acids is 2. The van der Waals surface area contributed by atoms with Crippen LogP contribution in [0.3, 0.4) is 0 Å². The number of hydrogen-bond acceptors (Lipinski definition) is 3. The van der Waals surface area contributed by atoms with Gasteiger partial charge >= 0.3 is 12.1 Å². The molecule has 0 bridgehead atoms. The zero-order valence-corrected chi connectivity index (χ0v) is 10.5. The molecular weight excluding hydrogens is 210 g/mol. The van der Waals surface area contributed by atoms with Gasteiger partial charge in [0.2, 0.25) is 0 Å². The van der Waals surface area contributed by atoms with E-state index in [1.165, 1.54) is 0 Å². The van der Waals surface area contributed by atoms with E-state index in [0.717, 1.165) is 0 Å². The van der Waals surface area contributed by atoms with Gasteiger partial charge in [0.05, 0.1) is 0 Å². The van der Waals surface area contributed by atoms with Gasteiger partial charge in [-0.05, 0) is 33.1 Å². The Hall–Kier alpha value is -1.26. The summed E-state index contributed by atoms with van der Waals surface area (Å²) >= 11 is 0. The van der Waals surface area contributed by atoms with E-state index in [1.807, 2.05) is 13.8 Å². The fraction of sp³-hybridized carbons (Fsp3) is 0.818. The number of nitrogens with one attached hydrogen (secondary N) is 1. The van der Waals surface area contributed by atoms with E-state index >= 15 is 0 Å². The molecule has 1 atom stereocenters. The van der Waals surface area contributed by atoms with Crippen LogP contribution in [0, 0.1) is 5.92 Å². The maximum atomic E-state index is 11.3. The number of rotatable bonds is 4. The highest BCUT2D eigenvalue weighted by atomic mass is 16.6. The lowest BCUT2D eigenvalue weighted by molar-refractivity contribution is -0.146. The summed E-state index contributed by atoms with van der Waals surface area (Å²) in [5.41, 5.74) is -0.640. The molecule has 1 radical (unpaired) electrons. The number of amides is 1. The molecule has 0 aromatic rings. The van der Waals surface area contributed by atoms with Crippen LogP contribution in [-0.4, -0.2) is 23.7 Å². The van der Waals surface area contributed by atoms with Crippen molar-refractivity contribution in [3.05, 3.63) is 0 Å². The molecule has 5 nitrogen and oxygen atoms in total. The van der Waals surface area contributed by atoms with Gasteiger partial charge in [0, 0.05) is 0 Å². The zero-order chi connectivity index (χ0) is 12.9. The second-order valence-electron chi connectivity index (χ2n) is 5.15. The Morgan fingerprint density at radius 1 is 1.25 bits per heavy atom. The molecule has 93 valence electrons. The first-order valence-electron chi connectivity index (χ1n) is 5.32. The minimum Gasteiger partial charge on any atom is -0.444 e. The van der Waals surface area contributed by atoms with E-state index in [0.29, 0.717) is 6.42 Å². The van der Waals surface area contributed by atoms with Crippen LogP contribution in [0.15, 0.2) is 0 Å². The highest BCUT2D eigenvalue weighted by Crippen LogP contribution is 2.09. The van der Waals surface area contributed by atoms with Gasteiger partial charge in [-0.1, -0.05) is 13.8 Å². The lowest BCUT2D eigenvalue weighted by atomic mass is 10.0. The summed E-state index contributed by atoms with van der Waals surface area (Å²) in [6.07, 6.45) is -0.413. The van der Waals surface area contributed by atoms with Crippen molar-refractivity contribution in [3.8, 4) is 0 Å². The Morgan fingerprint density at radius 2 is 1.75 bits per heavy atom. The highest BCUT2D eigenvalue weighted by molar-refractivity contribution is 5.79. The van der Waals surface area contributed by atoms with Crippen molar-refractivity contribution < 1.29 is 19.4 Å². The molecule has 5 heteroatoms. The van der Waals surface area contributed by atoms with Gasteiger partial charge < -0.3 is 10.1 Å². The van der Waals surface area contributed by atoms with Gasteiger partial charge in [-0.2, -0.15) is 0 Å². The first kappa shape index (κ1) is 14.7. The SMILES string of the molecule is CC(C)C[C@H](NC(=O)OC(C)(C)C)C([O])=O. The normalized spacial score (nSPS) is 13.4. The molecule has 0 aliphatic heterocycles. The predicted octanol–water partition coefficient (Wildman–Crippen LogP) is 1.88. The van der Waals surface area contributed by atoms with Crippen LogP contribution in [0.2, 0.25) is 0 Å².